The van der Waals surface area contributed by atoms with Gasteiger partial charge in [0.2, 0.25) is 0 Å². The molecule has 14 heavy (non-hydrogen) atoms. The van der Waals surface area contributed by atoms with Crippen LogP contribution in [0.4, 0.5) is 0 Å². The zero-order chi connectivity index (χ0) is 10.1. The lowest BCUT2D eigenvalue weighted by Gasteiger charge is -2.02. The smallest absolute Gasteiger partial charge is 0.141 e. The van der Waals surface area contributed by atoms with E-state index in [0.29, 0.717) is 11.1 Å². The van der Waals surface area contributed by atoms with Crippen LogP contribution in [0.3, 0.4) is 0 Å². The van der Waals surface area contributed by atoms with Gasteiger partial charge in [-0.1, -0.05) is 25.4 Å². The molecule has 0 spiro atoms. The number of rotatable bonds is 2. The van der Waals surface area contributed by atoms with E-state index < -0.39 is 0 Å². The van der Waals surface area contributed by atoms with E-state index in [4.69, 9.17) is 11.6 Å². The largest absolute Gasteiger partial charge is 0.225 e. The van der Waals surface area contributed by atoms with Gasteiger partial charge in [0.1, 0.15) is 16.3 Å². The Balaban J connectivity index is 2.55. The van der Waals surface area contributed by atoms with Crippen molar-refractivity contribution in [2.75, 3.05) is 0 Å². The highest BCUT2D eigenvalue weighted by molar-refractivity contribution is 7.17. The van der Waals surface area contributed by atoms with Gasteiger partial charge in [-0.25, -0.2) is 9.97 Å². The highest BCUT2D eigenvalue weighted by Crippen LogP contribution is 2.30. The lowest BCUT2D eigenvalue weighted by atomic mass is 10.0. The maximum absolute atomic E-state index is 6.04. The summed E-state index contributed by atoms with van der Waals surface area (Å²) in [6.07, 6.45) is 2.55. The Morgan fingerprint density at radius 3 is 2.93 bits per heavy atom. The van der Waals surface area contributed by atoms with E-state index in [1.54, 1.807) is 11.3 Å². The van der Waals surface area contributed by atoms with Gasteiger partial charge in [0.05, 0.1) is 5.39 Å². The van der Waals surface area contributed by atoms with E-state index >= 15 is 0 Å². The maximum atomic E-state index is 6.04. The van der Waals surface area contributed by atoms with Gasteiger partial charge < -0.3 is 0 Å². The fourth-order valence-corrected chi connectivity index (χ4v) is 2.72. The first-order valence-corrected chi connectivity index (χ1v) is 5.81. The van der Waals surface area contributed by atoms with Crippen molar-refractivity contribution in [2.24, 2.45) is 5.92 Å². The molecule has 0 bridgehead atoms. The quantitative estimate of drug-likeness (QED) is 0.732. The summed E-state index contributed by atoms with van der Waals surface area (Å²) in [6, 6.07) is 0. The third-order valence-electron chi connectivity index (χ3n) is 2.03. The SMILES string of the molecule is CC(C)Cc1csc2ncnc(Cl)c12. The van der Waals surface area contributed by atoms with E-state index in [1.807, 2.05) is 0 Å². The molecule has 2 heterocycles. The van der Waals surface area contributed by atoms with E-state index in [0.717, 1.165) is 16.6 Å². The molecule has 2 aromatic rings. The first-order valence-electron chi connectivity index (χ1n) is 4.55. The fourth-order valence-electron chi connectivity index (χ4n) is 1.48. The third-order valence-corrected chi connectivity index (χ3v) is 3.25. The number of halogens is 1. The molecule has 0 amide bonds. The van der Waals surface area contributed by atoms with Crippen LogP contribution in [0.2, 0.25) is 5.15 Å². The van der Waals surface area contributed by atoms with E-state index in [-0.39, 0.29) is 0 Å². The van der Waals surface area contributed by atoms with E-state index in [9.17, 15) is 0 Å². The van der Waals surface area contributed by atoms with Crippen molar-refractivity contribution in [3.63, 3.8) is 0 Å². The first-order chi connectivity index (χ1) is 6.68. The molecule has 0 atom stereocenters. The summed E-state index contributed by atoms with van der Waals surface area (Å²) in [5.74, 6) is 0.629. The molecule has 2 aromatic heterocycles. The highest BCUT2D eigenvalue weighted by Gasteiger charge is 2.10. The van der Waals surface area contributed by atoms with Crippen LogP contribution in [0.5, 0.6) is 0 Å². The molecule has 74 valence electrons. The Bertz CT molecular complexity index is 450. The average molecular weight is 227 g/mol. The number of nitrogens with zero attached hydrogens (tertiary/aromatic N) is 2. The molecule has 0 N–H and O–H groups in total. The summed E-state index contributed by atoms with van der Waals surface area (Å²) in [7, 11) is 0. The second kappa shape index (κ2) is 3.83. The number of hydrogen-bond acceptors (Lipinski definition) is 3. The summed E-state index contributed by atoms with van der Waals surface area (Å²) < 4.78 is 0. The summed E-state index contributed by atoms with van der Waals surface area (Å²) >= 11 is 7.68. The van der Waals surface area contributed by atoms with Crippen LogP contribution < -0.4 is 0 Å². The topological polar surface area (TPSA) is 25.8 Å². The van der Waals surface area contributed by atoms with Gasteiger partial charge in [-0.3, -0.25) is 0 Å². The van der Waals surface area contributed by atoms with Gasteiger partial charge in [0, 0.05) is 0 Å². The van der Waals surface area contributed by atoms with Crippen molar-refractivity contribution in [3.05, 3.63) is 22.4 Å². The first kappa shape index (κ1) is 9.87. The standard InChI is InChI=1S/C10H11ClN2S/c1-6(2)3-7-4-14-10-8(7)9(11)12-5-13-10/h4-6H,3H2,1-2H3. The number of thiophene rings is 1. The molecule has 0 aliphatic heterocycles. The van der Waals surface area contributed by atoms with E-state index in [1.165, 1.54) is 11.9 Å². The average Bonchev–Trinajstić information content (AvgIpc) is 2.49. The lowest BCUT2D eigenvalue weighted by molar-refractivity contribution is 0.651. The van der Waals surface area contributed by atoms with Crippen molar-refractivity contribution in [1.82, 2.24) is 9.97 Å². The highest BCUT2D eigenvalue weighted by atomic mass is 35.5. The summed E-state index contributed by atoms with van der Waals surface area (Å²) in [5, 5.41) is 3.74. The Hall–Kier alpha value is -0.670. The molecule has 0 saturated carbocycles. The molecule has 0 aromatic carbocycles. The molecular formula is C10H11ClN2S. The minimum atomic E-state index is 0.576. The van der Waals surface area contributed by atoms with Gasteiger partial charge >= 0.3 is 0 Å². The van der Waals surface area contributed by atoms with E-state index in [2.05, 4.69) is 29.2 Å². The summed E-state index contributed by atoms with van der Waals surface area (Å²) in [6.45, 7) is 4.39. The molecule has 0 fully saturated rings. The summed E-state index contributed by atoms with van der Waals surface area (Å²) in [4.78, 5) is 9.19. The van der Waals surface area contributed by atoms with Crippen molar-refractivity contribution >= 4 is 33.2 Å². The second-order valence-electron chi connectivity index (χ2n) is 3.70. The maximum Gasteiger partial charge on any atom is 0.141 e. The molecule has 0 unspecified atom stereocenters. The molecule has 2 rings (SSSR count). The molecule has 2 nitrogen and oxygen atoms in total. The Morgan fingerprint density at radius 2 is 2.21 bits per heavy atom. The zero-order valence-corrected chi connectivity index (χ0v) is 9.69. The van der Waals surface area contributed by atoms with Crippen LogP contribution in [0.15, 0.2) is 11.7 Å². The van der Waals surface area contributed by atoms with Gasteiger partial charge in [-0.05, 0) is 23.3 Å². The third kappa shape index (κ3) is 1.74. The Morgan fingerprint density at radius 1 is 1.43 bits per heavy atom. The number of aromatic nitrogens is 2. The summed E-state index contributed by atoms with van der Waals surface area (Å²) in [5.41, 5.74) is 1.27. The van der Waals surface area contributed by atoms with Crippen molar-refractivity contribution in [2.45, 2.75) is 20.3 Å². The molecular weight excluding hydrogens is 216 g/mol. The monoisotopic (exact) mass is 226 g/mol. The molecule has 0 saturated heterocycles. The molecule has 4 heteroatoms. The van der Waals surface area contributed by atoms with Crippen molar-refractivity contribution < 1.29 is 0 Å². The molecule has 0 aliphatic carbocycles. The van der Waals surface area contributed by atoms with Crippen LogP contribution in [-0.4, -0.2) is 9.97 Å². The van der Waals surface area contributed by atoms with Crippen LogP contribution >= 0.6 is 22.9 Å². The number of fused-ring (bicyclic) bond motifs is 1. The van der Waals surface area contributed by atoms with Gasteiger partial charge in [-0.2, -0.15) is 0 Å². The normalized spacial score (nSPS) is 11.4. The molecule has 0 radical (unpaired) electrons. The van der Waals surface area contributed by atoms with Gasteiger partial charge in [-0.15, -0.1) is 11.3 Å². The minimum absolute atomic E-state index is 0.576. The fraction of sp³-hybridized carbons (Fsp3) is 0.400. The zero-order valence-electron chi connectivity index (χ0n) is 8.12. The van der Waals surface area contributed by atoms with Crippen LogP contribution in [0, 0.1) is 5.92 Å². The molecule has 0 aliphatic rings. The number of hydrogen-bond donors (Lipinski definition) is 0. The predicted octanol–water partition coefficient (Wildman–Crippen LogP) is 3.54. The predicted molar refractivity (Wildman–Crippen MR) is 61.0 cm³/mol. The van der Waals surface area contributed by atoms with Crippen LogP contribution in [-0.2, 0) is 6.42 Å². The van der Waals surface area contributed by atoms with Crippen molar-refractivity contribution in [3.8, 4) is 0 Å². The van der Waals surface area contributed by atoms with Gasteiger partial charge in [0.25, 0.3) is 0 Å². The van der Waals surface area contributed by atoms with Gasteiger partial charge in [0.15, 0.2) is 0 Å². The minimum Gasteiger partial charge on any atom is -0.225 e. The Labute approximate surface area is 92.0 Å². The van der Waals surface area contributed by atoms with Crippen LogP contribution in [0.25, 0.3) is 10.2 Å². The van der Waals surface area contributed by atoms with Crippen LogP contribution in [0.1, 0.15) is 19.4 Å². The lowest BCUT2D eigenvalue weighted by Crippen LogP contribution is -1.93. The Kier molecular flexibility index (Phi) is 2.70. The van der Waals surface area contributed by atoms with Crippen molar-refractivity contribution in [1.29, 1.82) is 0 Å². The second-order valence-corrected chi connectivity index (χ2v) is 4.92.